The lowest BCUT2D eigenvalue weighted by molar-refractivity contribution is 0.0947. The largest absolute Gasteiger partial charge is 0.331 e. The molecule has 1 N–H and O–H groups in total. The third kappa shape index (κ3) is 3.40. The minimum Gasteiger partial charge on any atom is -0.331 e. The van der Waals surface area contributed by atoms with Gasteiger partial charge in [-0.2, -0.15) is 5.10 Å². The van der Waals surface area contributed by atoms with Crippen LogP contribution in [0.3, 0.4) is 0 Å². The van der Waals surface area contributed by atoms with Gasteiger partial charge < -0.3 is 4.57 Å². The van der Waals surface area contributed by atoms with Crippen LogP contribution < -0.4 is 5.43 Å². The molecule has 124 valence electrons. The first kappa shape index (κ1) is 15.8. The maximum absolute atomic E-state index is 12.6. The molecular formula is C19H15N3OS2. The second kappa shape index (κ2) is 7.04. The number of nitrogens with zero attached hydrogens (tertiary/aromatic N) is 2. The van der Waals surface area contributed by atoms with Gasteiger partial charge in [-0.05, 0) is 34.5 Å². The summed E-state index contributed by atoms with van der Waals surface area (Å²) < 4.78 is 3.14. The second-order valence-corrected chi connectivity index (χ2v) is 7.41. The average Bonchev–Trinajstić information content (AvgIpc) is 3.35. The molecule has 4 aromatic rings. The highest BCUT2D eigenvalue weighted by Crippen LogP contribution is 2.26. The summed E-state index contributed by atoms with van der Waals surface area (Å²) >= 11 is 3.21. The van der Waals surface area contributed by atoms with Gasteiger partial charge in [0, 0.05) is 11.4 Å². The molecule has 0 radical (unpaired) electrons. The van der Waals surface area contributed by atoms with E-state index in [4.69, 9.17) is 0 Å². The van der Waals surface area contributed by atoms with E-state index in [0.717, 1.165) is 20.7 Å². The third-order valence-corrected chi connectivity index (χ3v) is 5.50. The van der Waals surface area contributed by atoms with Crippen molar-refractivity contribution in [3.8, 4) is 0 Å². The minimum atomic E-state index is -0.202. The Bertz CT molecular complexity index is 1010. The number of carbonyl (C=O) groups is 1. The third-order valence-electron chi connectivity index (χ3n) is 3.84. The van der Waals surface area contributed by atoms with Crippen LogP contribution in [0.4, 0.5) is 0 Å². The van der Waals surface area contributed by atoms with Gasteiger partial charge >= 0.3 is 0 Å². The maximum atomic E-state index is 12.6. The van der Waals surface area contributed by atoms with E-state index in [1.807, 2.05) is 51.7 Å². The lowest BCUT2D eigenvalue weighted by Gasteiger charge is -2.09. The molecule has 0 spiro atoms. The number of thiophene rings is 2. The summed E-state index contributed by atoms with van der Waals surface area (Å²) in [5.41, 5.74) is 5.48. The van der Waals surface area contributed by atoms with E-state index in [9.17, 15) is 4.79 Å². The van der Waals surface area contributed by atoms with Gasteiger partial charge in [-0.3, -0.25) is 4.79 Å². The molecule has 0 aliphatic carbocycles. The Balaban J connectivity index is 1.61. The number of carbonyl (C=O) groups excluding carboxylic acids is 1. The van der Waals surface area contributed by atoms with Crippen LogP contribution in [0.1, 0.15) is 20.9 Å². The van der Waals surface area contributed by atoms with Gasteiger partial charge in [0.1, 0.15) is 5.69 Å². The first-order valence-corrected chi connectivity index (χ1v) is 9.55. The highest BCUT2D eigenvalue weighted by atomic mass is 32.1. The zero-order valence-corrected chi connectivity index (χ0v) is 14.9. The van der Waals surface area contributed by atoms with E-state index in [1.54, 1.807) is 28.9 Å². The topological polar surface area (TPSA) is 46.4 Å². The van der Waals surface area contributed by atoms with E-state index in [0.29, 0.717) is 12.2 Å². The summed E-state index contributed by atoms with van der Waals surface area (Å²) in [6, 6.07) is 18.0. The Morgan fingerprint density at radius 3 is 2.76 bits per heavy atom. The van der Waals surface area contributed by atoms with Crippen LogP contribution in [-0.4, -0.2) is 16.7 Å². The van der Waals surface area contributed by atoms with Crippen molar-refractivity contribution in [1.29, 1.82) is 0 Å². The normalized spacial score (nSPS) is 11.4. The number of amides is 1. The van der Waals surface area contributed by atoms with E-state index >= 15 is 0 Å². The molecule has 0 aliphatic rings. The summed E-state index contributed by atoms with van der Waals surface area (Å²) in [6.07, 6.45) is 1.66. The fourth-order valence-electron chi connectivity index (χ4n) is 2.68. The lowest BCUT2D eigenvalue weighted by Crippen LogP contribution is -2.21. The smallest absolute Gasteiger partial charge is 0.288 e. The zero-order chi connectivity index (χ0) is 17.1. The lowest BCUT2D eigenvalue weighted by atomic mass is 10.2. The van der Waals surface area contributed by atoms with Crippen LogP contribution in [-0.2, 0) is 6.54 Å². The number of rotatable bonds is 5. The molecule has 0 bridgehead atoms. The molecular weight excluding hydrogens is 350 g/mol. The van der Waals surface area contributed by atoms with Gasteiger partial charge in [-0.25, -0.2) is 5.43 Å². The van der Waals surface area contributed by atoms with Crippen LogP contribution in [0.15, 0.2) is 70.5 Å². The number of benzene rings is 1. The number of nitrogens with one attached hydrogen (secondary N) is 1. The van der Waals surface area contributed by atoms with Gasteiger partial charge in [0.25, 0.3) is 5.91 Å². The van der Waals surface area contributed by atoms with Crippen LogP contribution in [0.25, 0.3) is 10.2 Å². The Hall–Kier alpha value is -2.70. The highest BCUT2D eigenvalue weighted by molar-refractivity contribution is 7.17. The SMILES string of the molecule is O=C(N/N=C/c1cccs1)c1cc2sccc2n1Cc1ccccc1. The fraction of sp³-hybridized carbons (Fsp3) is 0.0526. The summed E-state index contributed by atoms with van der Waals surface area (Å²) in [5.74, 6) is -0.202. The van der Waals surface area contributed by atoms with Crippen molar-refractivity contribution >= 4 is 45.0 Å². The summed E-state index contributed by atoms with van der Waals surface area (Å²) in [7, 11) is 0. The Morgan fingerprint density at radius 2 is 1.96 bits per heavy atom. The van der Waals surface area contributed by atoms with Gasteiger partial charge in [0.05, 0.1) is 16.4 Å². The summed E-state index contributed by atoms with van der Waals surface area (Å²) in [4.78, 5) is 13.6. The summed E-state index contributed by atoms with van der Waals surface area (Å²) in [5, 5.41) is 8.09. The molecule has 0 saturated carbocycles. The first-order valence-electron chi connectivity index (χ1n) is 7.79. The number of hydrogen-bond acceptors (Lipinski definition) is 4. The quantitative estimate of drug-likeness (QED) is 0.408. The molecule has 0 unspecified atom stereocenters. The van der Waals surface area contributed by atoms with E-state index in [1.165, 1.54) is 0 Å². The number of hydrogen-bond donors (Lipinski definition) is 1. The minimum absolute atomic E-state index is 0.202. The molecule has 0 fully saturated rings. The molecule has 0 aliphatic heterocycles. The van der Waals surface area contributed by atoms with Crippen molar-refractivity contribution < 1.29 is 4.79 Å². The zero-order valence-electron chi connectivity index (χ0n) is 13.3. The summed E-state index contributed by atoms with van der Waals surface area (Å²) in [6.45, 7) is 0.651. The van der Waals surface area contributed by atoms with Gasteiger partial charge in [0.15, 0.2) is 0 Å². The van der Waals surface area contributed by atoms with Crippen molar-refractivity contribution in [3.63, 3.8) is 0 Å². The monoisotopic (exact) mass is 365 g/mol. The Morgan fingerprint density at radius 1 is 1.08 bits per heavy atom. The Labute approximate surface area is 153 Å². The molecule has 25 heavy (non-hydrogen) atoms. The van der Waals surface area contributed by atoms with Crippen LogP contribution in [0, 0.1) is 0 Å². The Kier molecular flexibility index (Phi) is 4.45. The van der Waals surface area contributed by atoms with E-state index in [-0.39, 0.29) is 5.91 Å². The van der Waals surface area contributed by atoms with Crippen LogP contribution in [0.2, 0.25) is 0 Å². The molecule has 3 aromatic heterocycles. The molecule has 3 heterocycles. The molecule has 4 rings (SSSR count). The van der Waals surface area contributed by atoms with Crippen molar-refractivity contribution in [2.45, 2.75) is 6.54 Å². The van der Waals surface area contributed by atoms with Gasteiger partial charge in [-0.15, -0.1) is 22.7 Å². The molecule has 1 aromatic carbocycles. The average molecular weight is 365 g/mol. The number of fused-ring (bicyclic) bond motifs is 1. The van der Waals surface area contributed by atoms with Crippen molar-refractivity contribution in [3.05, 3.63) is 81.5 Å². The van der Waals surface area contributed by atoms with Gasteiger partial charge in [-0.1, -0.05) is 36.4 Å². The van der Waals surface area contributed by atoms with Crippen LogP contribution in [0.5, 0.6) is 0 Å². The molecule has 1 amide bonds. The molecule has 4 nitrogen and oxygen atoms in total. The van der Waals surface area contributed by atoms with Crippen molar-refractivity contribution in [1.82, 2.24) is 9.99 Å². The predicted molar refractivity (Wildman–Crippen MR) is 105 cm³/mol. The van der Waals surface area contributed by atoms with Crippen molar-refractivity contribution in [2.75, 3.05) is 0 Å². The molecule has 0 atom stereocenters. The molecule has 6 heteroatoms. The van der Waals surface area contributed by atoms with Crippen LogP contribution >= 0.6 is 22.7 Å². The first-order chi connectivity index (χ1) is 12.3. The standard InChI is InChI=1S/C19H15N3OS2/c23-19(21-20-12-15-7-4-9-24-15)17-11-18-16(8-10-25-18)22(17)13-14-5-2-1-3-6-14/h1-12H,13H2,(H,21,23)/b20-12+. The second-order valence-electron chi connectivity index (χ2n) is 5.49. The molecule has 0 saturated heterocycles. The number of aromatic nitrogens is 1. The van der Waals surface area contributed by atoms with Gasteiger partial charge in [0.2, 0.25) is 0 Å². The number of hydrazone groups is 1. The van der Waals surface area contributed by atoms with E-state index in [2.05, 4.69) is 28.7 Å². The van der Waals surface area contributed by atoms with E-state index < -0.39 is 0 Å². The predicted octanol–water partition coefficient (Wildman–Crippen LogP) is 4.58. The van der Waals surface area contributed by atoms with Crippen molar-refractivity contribution in [2.24, 2.45) is 5.10 Å². The maximum Gasteiger partial charge on any atom is 0.288 e. The highest BCUT2D eigenvalue weighted by Gasteiger charge is 2.16. The fourth-order valence-corrected chi connectivity index (χ4v) is 4.09.